The molecule has 1 aromatic heterocycles. The molecule has 6 heteroatoms. The molecule has 1 aromatic carbocycles. The fourth-order valence-corrected chi connectivity index (χ4v) is 3.44. The van der Waals surface area contributed by atoms with Crippen molar-refractivity contribution in [3.63, 3.8) is 0 Å². The van der Waals surface area contributed by atoms with Crippen molar-refractivity contribution >= 4 is 17.5 Å². The molecule has 1 aliphatic rings. The van der Waals surface area contributed by atoms with Crippen molar-refractivity contribution in [2.45, 2.75) is 25.7 Å². The number of rotatable bonds is 4. The van der Waals surface area contributed by atoms with Crippen molar-refractivity contribution in [2.24, 2.45) is 5.92 Å². The van der Waals surface area contributed by atoms with Gasteiger partial charge < -0.3 is 15.0 Å². The van der Waals surface area contributed by atoms with Gasteiger partial charge in [0.1, 0.15) is 5.75 Å². The number of phenols is 1. The number of carbonyl (C=O) groups is 1. The molecule has 2 N–H and O–H groups in total. The zero-order valence-corrected chi connectivity index (χ0v) is 14.6. The lowest BCUT2D eigenvalue weighted by atomic mass is 9.90. The van der Waals surface area contributed by atoms with Gasteiger partial charge in [-0.25, -0.2) is 0 Å². The van der Waals surface area contributed by atoms with E-state index in [4.69, 9.17) is 11.6 Å². The van der Waals surface area contributed by atoms with Crippen LogP contribution < -0.4 is 5.56 Å². The summed E-state index contributed by atoms with van der Waals surface area (Å²) in [5, 5.41) is 9.71. The number of halogens is 1. The highest BCUT2D eigenvalue weighted by Gasteiger charge is 2.23. The summed E-state index contributed by atoms with van der Waals surface area (Å²) in [7, 11) is 0. The van der Waals surface area contributed by atoms with Gasteiger partial charge in [-0.05, 0) is 48.4 Å². The number of aromatic amines is 1. The lowest BCUT2D eigenvalue weighted by Gasteiger charge is -2.32. The summed E-state index contributed by atoms with van der Waals surface area (Å²) < 4.78 is 0. The van der Waals surface area contributed by atoms with E-state index in [1.54, 1.807) is 24.4 Å². The van der Waals surface area contributed by atoms with Gasteiger partial charge in [0, 0.05) is 25.4 Å². The lowest BCUT2D eigenvalue weighted by molar-refractivity contribution is -0.131. The van der Waals surface area contributed by atoms with Gasteiger partial charge in [0.15, 0.2) is 0 Å². The number of nitrogens with zero attached hydrogens (tertiary/aromatic N) is 1. The standard InChI is InChI=1S/C19H21ClN2O3/c20-16-10-14(1-3-17(16)23)11-19(25)22-7-5-13(6-8-22)9-15-2-4-18(24)21-12-15/h1-4,10,12-13,23H,5-9,11H2,(H,21,24). The van der Waals surface area contributed by atoms with Crippen LogP contribution in [-0.2, 0) is 17.6 Å². The first-order valence-electron chi connectivity index (χ1n) is 8.44. The maximum atomic E-state index is 12.4. The smallest absolute Gasteiger partial charge is 0.247 e. The molecule has 5 nitrogen and oxygen atoms in total. The van der Waals surface area contributed by atoms with Crippen molar-refractivity contribution in [3.8, 4) is 5.75 Å². The van der Waals surface area contributed by atoms with Crippen molar-refractivity contribution < 1.29 is 9.90 Å². The lowest BCUT2D eigenvalue weighted by Crippen LogP contribution is -2.39. The van der Waals surface area contributed by atoms with Crippen molar-refractivity contribution in [2.75, 3.05) is 13.1 Å². The maximum Gasteiger partial charge on any atom is 0.247 e. The number of nitrogens with one attached hydrogen (secondary N) is 1. The first-order chi connectivity index (χ1) is 12.0. The molecule has 1 aliphatic heterocycles. The molecule has 0 saturated carbocycles. The third kappa shape index (κ3) is 4.63. The van der Waals surface area contributed by atoms with E-state index in [1.807, 2.05) is 11.0 Å². The van der Waals surface area contributed by atoms with Gasteiger partial charge in [0.05, 0.1) is 11.4 Å². The summed E-state index contributed by atoms with van der Waals surface area (Å²) in [6.45, 7) is 1.50. The molecule has 0 radical (unpaired) electrons. The second-order valence-corrected chi connectivity index (χ2v) is 6.96. The number of hydrogen-bond acceptors (Lipinski definition) is 3. The molecule has 2 aromatic rings. The predicted octanol–water partition coefficient (Wildman–Crippen LogP) is 2.76. The number of hydrogen-bond donors (Lipinski definition) is 2. The molecule has 0 spiro atoms. The Morgan fingerprint density at radius 2 is 1.92 bits per heavy atom. The maximum absolute atomic E-state index is 12.4. The number of benzene rings is 1. The van der Waals surface area contributed by atoms with Crippen LogP contribution in [0.1, 0.15) is 24.0 Å². The van der Waals surface area contributed by atoms with E-state index < -0.39 is 0 Å². The molecule has 1 fully saturated rings. The van der Waals surface area contributed by atoms with Crippen LogP contribution in [0.2, 0.25) is 5.02 Å². The second kappa shape index (κ2) is 7.74. The van der Waals surface area contributed by atoms with Crippen molar-refractivity contribution in [1.29, 1.82) is 0 Å². The quantitative estimate of drug-likeness (QED) is 0.880. The normalized spacial score (nSPS) is 15.3. The average molecular weight is 361 g/mol. The molecular formula is C19H21ClN2O3. The van der Waals surface area contributed by atoms with Crippen LogP contribution in [-0.4, -0.2) is 34.0 Å². The molecule has 0 atom stereocenters. The Kier molecular flexibility index (Phi) is 5.43. The van der Waals surface area contributed by atoms with Crippen LogP contribution in [0.4, 0.5) is 0 Å². The predicted molar refractivity (Wildman–Crippen MR) is 96.9 cm³/mol. The largest absolute Gasteiger partial charge is 0.506 e. The number of aromatic nitrogens is 1. The summed E-state index contributed by atoms with van der Waals surface area (Å²) in [6.07, 6.45) is 4.91. The fourth-order valence-electron chi connectivity index (χ4n) is 3.24. The molecule has 1 saturated heterocycles. The average Bonchev–Trinajstić information content (AvgIpc) is 2.61. The van der Waals surface area contributed by atoms with Crippen LogP contribution in [0.15, 0.2) is 41.3 Å². The minimum absolute atomic E-state index is 0.0286. The van der Waals surface area contributed by atoms with Crippen LogP contribution in [0.3, 0.4) is 0 Å². The number of amides is 1. The Bertz CT molecular complexity index is 790. The highest BCUT2D eigenvalue weighted by atomic mass is 35.5. The summed E-state index contributed by atoms with van der Waals surface area (Å²) in [6, 6.07) is 8.29. The molecule has 0 bridgehead atoms. The first-order valence-corrected chi connectivity index (χ1v) is 8.82. The SMILES string of the molecule is O=C(Cc1ccc(O)c(Cl)c1)N1CCC(Cc2ccc(=O)[nH]c2)CC1. The summed E-state index contributed by atoms with van der Waals surface area (Å²) >= 11 is 5.89. The van der Waals surface area contributed by atoms with E-state index in [-0.39, 0.29) is 22.2 Å². The zero-order chi connectivity index (χ0) is 17.8. The Balaban J connectivity index is 1.51. The topological polar surface area (TPSA) is 73.4 Å². The monoisotopic (exact) mass is 360 g/mol. The van der Waals surface area contributed by atoms with Gasteiger partial charge in [-0.15, -0.1) is 0 Å². The van der Waals surface area contributed by atoms with E-state index in [9.17, 15) is 14.7 Å². The molecule has 1 amide bonds. The number of piperidine rings is 1. The van der Waals surface area contributed by atoms with Crippen LogP contribution in [0.5, 0.6) is 5.75 Å². The molecule has 132 valence electrons. The highest BCUT2D eigenvalue weighted by Crippen LogP contribution is 2.25. The van der Waals surface area contributed by atoms with E-state index in [2.05, 4.69) is 4.98 Å². The Labute approximate surface area is 151 Å². The number of aromatic hydroxyl groups is 1. The Morgan fingerprint density at radius 1 is 1.20 bits per heavy atom. The molecule has 25 heavy (non-hydrogen) atoms. The zero-order valence-electron chi connectivity index (χ0n) is 13.9. The van der Waals surface area contributed by atoms with Gasteiger partial charge >= 0.3 is 0 Å². The summed E-state index contributed by atoms with van der Waals surface area (Å²) in [4.78, 5) is 28.1. The fraction of sp³-hybridized carbons (Fsp3) is 0.368. The molecule has 2 heterocycles. The van der Waals surface area contributed by atoms with Gasteiger partial charge in [-0.2, -0.15) is 0 Å². The first kappa shape index (κ1) is 17.5. The van der Waals surface area contributed by atoms with Crippen LogP contribution in [0, 0.1) is 5.92 Å². The number of carbonyl (C=O) groups excluding carboxylic acids is 1. The summed E-state index contributed by atoms with van der Waals surface area (Å²) in [5.74, 6) is 0.642. The van der Waals surface area contributed by atoms with E-state index >= 15 is 0 Å². The van der Waals surface area contributed by atoms with Crippen molar-refractivity contribution in [3.05, 3.63) is 63.0 Å². The third-order valence-electron chi connectivity index (χ3n) is 4.71. The minimum Gasteiger partial charge on any atom is -0.506 e. The van der Waals surface area contributed by atoms with Gasteiger partial charge in [-0.1, -0.05) is 23.7 Å². The van der Waals surface area contributed by atoms with E-state index in [0.717, 1.165) is 43.5 Å². The Hall–Kier alpha value is -2.27. The number of H-pyrrole nitrogens is 1. The molecular weight excluding hydrogens is 340 g/mol. The van der Waals surface area contributed by atoms with Gasteiger partial charge in [0.2, 0.25) is 11.5 Å². The number of likely N-dealkylation sites (tertiary alicyclic amines) is 1. The van der Waals surface area contributed by atoms with Gasteiger partial charge in [-0.3, -0.25) is 9.59 Å². The number of pyridine rings is 1. The molecule has 3 rings (SSSR count). The van der Waals surface area contributed by atoms with Gasteiger partial charge in [0.25, 0.3) is 0 Å². The highest BCUT2D eigenvalue weighted by molar-refractivity contribution is 6.32. The molecule has 0 unspecified atom stereocenters. The third-order valence-corrected chi connectivity index (χ3v) is 5.01. The van der Waals surface area contributed by atoms with Crippen LogP contribution >= 0.6 is 11.6 Å². The van der Waals surface area contributed by atoms with Crippen LogP contribution in [0.25, 0.3) is 0 Å². The second-order valence-electron chi connectivity index (χ2n) is 6.55. The summed E-state index contributed by atoms with van der Waals surface area (Å²) in [5.41, 5.74) is 1.85. The number of phenolic OH excluding ortho intramolecular Hbond substituents is 1. The Morgan fingerprint density at radius 3 is 2.56 bits per heavy atom. The van der Waals surface area contributed by atoms with Crippen molar-refractivity contribution in [1.82, 2.24) is 9.88 Å². The molecule has 0 aliphatic carbocycles. The minimum atomic E-state index is -0.0847. The van der Waals surface area contributed by atoms with E-state index in [1.165, 1.54) is 6.07 Å². The van der Waals surface area contributed by atoms with E-state index in [0.29, 0.717) is 12.3 Å².